The number of rotatable bonds is 3. The van der Waals surface area contributed by atoms with Crippen LogP contribution in [0.4, 0.5) is 0 Å². The molecule has 0 saturated heterocycles. The quantitative estimate of drug-likeness (QED) is 0.173. The second-order valence-electron chi connectivity index (χ2n) is 14.3. The molecule has 10 aromatic carbocycles. The largest absolute Gasteiger partial charge is 0.456 e. The molecule has 0 radical (unpaired) electrons. The molecule has 12 aromatic rings. The predicted molar refractivity (Wildman–Crippen MR) is 227 cm³/mol. The second-order valence-corrected chi connectivity index (χ2v) is 14.3. The molecular formula is C52H30O2. The van der Waals surface area contributed by atoms with Crippen LogP contribution in [0.1, 0.15) is 0 Å². The molecule has 2 aromatic heterocycles. The van der Waals surface area contributed by atoms with Crippen molar-refractivity contribution in [1.82, 2.24) is 0 Å². The maximum atomic E-state index is 6.68. The summed E-state index contributed by atoms with van der Waals surface area (Å²) < 4.78 is 13.0. The molecule has 12 rings (SSSR count). The van der Waals surface area contributed by atoms with Crippen LogP contribution in [0.25, 0.3) is 120 Å². The van der Waals surface area contributed by atoms with E-state index >= 15 is 0 Å². The van der Waals surface area contributed by atoms with E-state index in [2.05, 4.69) is 170 Å². The zero-order valence-electron chi connectivity index (χ0n) is 29.1. The van der Waals surface area contributed by atoms with Gasteiger partial charge in [-0.3, -0.25) is 0 Å². The Morgan fingerprint density at radius 1 is 0.259 bits per heavy atom. The molecule has 2 heterocycles. The highest BCUT2D eigenvalue weighted by Gasteiger charge is 2.21. The van der Waals surface area contributed by atoms with Crippen LogP contribution >= 0.6 is 0 Å². The maximum absolute atomic E-state index is 6.68. The lowest BCUT2D eigenvalue weighted by Crippen LogP contribution is -1.92. The lowest BCUT2D eigenvalue weighted by Gasteiger charge is -2.19. The lowest BCUT2D eigenvalue weighted by atomic mass is 9.84. The average molecular weight is 687 g/mol. The molecule has 0 fully saturated rings. The number of fused-ring (bicyclic) bond motifs is 12. The third-order valence-electron chi connectivity index (χ3n) is 11.5. The van der Waals surface area contributed by atoms with Crippen LogP contribution in [-0.2, 0) is 0 Å². The fourth-order valence-corrected chi connectivity index (χ4v) is 9.17. The molecule has 2 nitrogen and oxygen atoms in total. The van der Waals surface area contributed by atoms with Crippen molar-refractivity contribution >= 4 is 87.0 Å². The second kappa shape index (κ2) is 11.2. The Kier molecular flexibility index (Phi) is 6.09. The first-order chi connectivity index (χ1) is 26.8. The summed E-state index contributed by atoms with van der Waals surface area (Å²) in [5, 5.41) is 14.3. The summed E-state index contributed by atoms with van der Waals surface area (Å²) >= 11 is 0. The monoisotopic (exact) mass is 686 g/mol. The summed E-state index contributed by atoms with van der Waals surface area (Å²) in [5.74, 6) is 0. The first-order valence-corrected chi connectivity index (χ1v) is 18.5. The maximum Gasteiger partial charge on any atom is 0.136 e. The fraction of sp³-hybridized carbons (Fsp3) is 0. The van der Waals surface area contributed by atoms with E-state index in [0.29, 0.717) is 0 Å². The van der Waals surface area contributed by atoms with E-state index in [1.165, 1.54) is 70.9 Å². The van der Waals surface area contributed by atoms with E-state index in [-0.39, 0.29) is 0 Å². The van der Waals surface area contributed by atoms with Gasteiger partial charge in [-0.2, -0.15) is 0 Å². The SMILES string of the molecule is c1ccc(-c2c3ccccc3c(-c3ccc(-c4ccc5c(c4)oc4ccc6ccc7oc8ccccc8c7c6c45)c4ccccc34)c3ccccc23)cc1. The van der Waals surface area contributed by atoms with Crippen molar-refractivity contribution in [1.29, 1.82) is 0 Å². The minimum Gasteiger partial charge on any atom is -0.456 e. The highest BCUT2D eigenvalue weighted by atomic mass is 16.3. The predicted octanol–water partition coefficient (Wildman–Crippen LogP) is 15.1. The van der Waals surface area contributed by atoms with Gasteiger partial charge in [-0.15, -0.1) is 0 Å². The Hall–Kier alpha value is -7.16. The van der Waals surface area contributed by atoms with E-state index in [9.17, 15) is 0 Å². The molecule has 0 aliphatic carbocycles. The van der Waals surface area contributed by atoms with Crippen LogP contribution < -0.4 is 0 Å². The number of benzene rings is 10. The molecule has 0 amide bonds. The minimum absolute atomic E-state index is 0.876. The molecule has 0 atom stereocenters. The summed E-state index contributed by atoms with van der Waals surface area (Å²) in [4.78, 5) is 0. The van der Waals surface area contributed by atoms with Crippen molar-refractivity contribution in [2.45, 2.75) is 0 Å². The van der Waals surface area contributed by atoms with Gasteiger partial charge in [0, 0.05) is 26.9 Å². The third kappa shape index (κ3) is 4.11. The fourth-order valence-electron chi connectivity index (χ4n) is 9.17. The molecule has 0 N–H and O–H groups in total. The summed E-state index contributed by atoms with van der Waals surface area (Å²) in [6.45, 7) is 0. The van der Waals surface area contributed by atoms with Crippen molar-refractivity contribution in [3.05, 3.63) is 182 Å². The molecular weight excluding hydrogens is 657 g/mol. The number of para-hydroxylation sites is 1. The normalized spacial score (nSPS) is 12.1. The summed E-state index contributed by atoms with van der Waals surface area (Å²) in [7, 11) is 0. The number of hydrogen-bond acceptors (Lipinski definition) is 2. The lowest BCUT2D eigenvalue weighted by molar-refractivity contribution is 0.669. The van der Waals surface area contributed by atoms with Gasteiger partial charge in [-0.1, -0.05) is 152 Å². The minimum atomic E-state index is 0.876. The molecule has 0 spiro atoms. The van der Waals surface area contributed by atoms with E-state index in [1.54, 1.807) is 0 Å². The van der Waals surface area contributed by atoms with Crippen LogP contribution in [0.15, 0.2) is 191 Å². The summed E-state index contributed by atoms with van der Waals surface area (Å²) in [6, 6.07) is 65.5. The van der Waals surface area contributed by atoms with Gasteiger partial charge in [0.1, 0.15) is 22.3 Å². The van der Waals surface area contributed by atoms with Gasteiger partial charge in [0.2, 0.25) is 0 Å². The van der Waals surface area contributed by atoms with Gasteiger partial charge in [0.25, 0.3) is 0 Å². The Balaban J connectivity index is 1.09. The van der Waals surface area contributed by atoms with E-state index in [4.69, 9.17) is 8.83 Å². The van der Waals surface area contributed by atoms with Crippen LogP contribution in [0.5, 0.6) is 0 Å². The highest BCUT2D eigenvalue weighted by Crippen LogP contribution is 2.47. The number of furan rings is 2. The van der Waals surface area contributed by atoms with Crippen LogP contribution in [-0.4, -0.2) is 0 Å². The average Bonchev–Trinajstić information content (AvgIpc) is 3.81. The van der Waals surface area contributed by atoms with Crippen molar-refractivity contribution in [3.8, 4) is 33.4 Å². The van der Waals surface area contributed by atoms with Gasteiger partial charge in [0.05, 0.1) is 0 Å². The van der Waals surface area contributed by atoms with E-state index < -0.39 is 0 Å². The van der Waals surface area contributed by atoms with Crippen molar-refractivity contribution in [2.75, 3.05) is 0 Å². The zero-order valence-corrected chi connectivity index (χ0v) is 29.1. The van der Waals surface area contributed by atoms with Gasteiger partial charge in [-0.05, 0) is 101 Å². The summed E-state index contributed by atoms with van der Waals surface area (Å²) in [5.41, 5.74) is 10.9. The molecule has 250 valence electrons. The van der Waals surface area contributed by atoms with Gasteiger partial charge in [0.15, 0.2) is 0 Å². The van der Waals surface area contributed by atoms with Crippen LogP contribution in [0, 0.1) is 0 Å². The Bertz CT molecular complexity index is 3430. The standard InChI is InChI=1S/C52H30O2/c1-2-12-31(13-3-1)48-37-16-6-8-18-39(37)50(40-19-9-7-17-38(40)48)41-27-26-34(35-14-4-5-15-36(35)41)33-22-25-43-47(30-33)54-46-29-24-32-23-28-45-51(49(32)52(43)46)42-20-10-11-21-44(42)53-45/h1-30H. The Labute approximate surface area is 310 Å². The molecule has 0 aliphatic rings. The van der Waals surface area contributed by atoms with E-state index in [1.807, 2.05) is 12.1 Å². The molecule has 0 saturated carbocycles. The molecule has 54 heavy (non-hydrogen) atoms. The smallest absolute Gasteiger partial charge is 0.136 e. The van der Waals surface area contributed by atoms with Gasteiger partial charge < -0.3 is 8.83 Å². The third-order valence-corrected chi connectivity index (χ3v) is 11.5. The first-order valence-electron chi connectivity index (χ1n) is 18.5. The zero-order chi connectivity index (χ0) is 35.3. The Morgan fingerprint density at radius 3 is 1.43 bits per heavy atom. The van der Waals surface area contributed by atoms with Crippen molar-refractivity contribution in [2.24, 2.45) is 0 Å². The van der Waals surface area contributed by atoms with E-state index in [0.717, 1.165) is 49.4 Å². The number of hydrogen-bond donors (Lipinski definition) is 0. The molecule has 0 aliphatic heterocycles. The highest BCUT2D eigenvalue weighted by molar-refractivity contribution is 6.31. The topological polar surface area (TPSA) is 26.3 Å². The van der Waals surface area contributed by atoms with Crippen LogP contribution in [0.2, 0.25) is 0 Å². The van der Waals surface area contributed by atoms with Crippen LogP contribution in [0.3, 0.4) is 0 Å². The van der Waals surface area contributed by atoms with Gasteiger partial charge >= 0.3 is 0 Å². The van der Waals surface area contributed by atoms with Gasteiger partial charge in [-0.25, -0.2) is 0 Å². The first kappa shape index (κ1) is 29.4. The Morgan fingerprint density at radius 2 is 0.759 bits per heavy atom. The molecule has 0 unspecified atom stereocenters. The van der Waals surface area contributed by atoms with Crippen molar-refractivity contribution in [3.63, 3.8) is 0 Å². The molecule has 0 bridgehead atoms. The van der Waals surface area contributed by atoms with Crippen molar-refractivity contribution < 1.29 is 8.83 Å². The molecule has 2 heteroatoms. The summed E-state index contributed by atoms with van der Waals surface area (Å²) in [6.07, 6.45) is 0.